The molecule has 124 valence electrons. The van der Waals surface area contributed by atoms with E-state index in [-0.39, 0.29) is 6.92 Å². The molecule has 1 aromatic carbocycles. The quantitative estimate of drug-likeness (QED) is 0.657. The van der Waals surface area contributed by atoms with Crippen molar-refractivity contribution in [1.29, 1.82) is 0 Å². The third-order valence-corrected chi connectivity index (χ3v) is 2.91. The van der Waals surface area contributed by atoms with Crippen molar-refractivity contribution in [1.82, 2.24) is 0 Å². The molecule has 0 saturated heterocycles. The molecule has 0 bridgehead atoms. The SMILES string of the molecule is CC(C(=O)Nc1cccc(N([O-])O)c1)(C(F)(F)F)C(F)(F)F. The van der Waals surface area contributed by atoms with Crippen molar-refractivity contribution in [2.24, 2.45) is 5.41 Å². The van der Waals surface area contributed by atoms with E-state index in [1.807, 2.05) is 0 Å². The molecule has 0 atom stereocenters. The second-order valence-corrected chi connectivity index (χ2v) is 4.40. The molecule has 0 radical (unpaired) electrons. The third-order valence-electron chi connectivity index (χ3n) is 2.91. The Morgan fingerprint density at radius 2 is 1.68 bits per heavy atom. The van der Waals surface area contributed by atoms with Crippen molar-refractivity contribution < 1.29 is 36.3 Å². The number of nitrogens with one attached hydrogen (secondary N) is 1. The smallest absolute Gasteiger partial charge is 0.411 e. The predicted molar refractivity (Wildman–Crippen MR) is 62.9 cm³/mol. The Balaban J connectivity index is 3.16. The summed E-state index contributed by atoms with van der Waals surface area (Å²) in [4.78, 5) is 11.5. The van der Waals surface area contributed by atoms with E-state index in [2.05, 4.69) is 0 Å². The van der Waals surface area contributed by atoms with Crippen LogP contribution in [0, 0.1) is 10.6 Å². The molecule has 0 aliphatic carbocycles. The fourth-order valence-corrected chi connectivity index (χ4v) is 1.38. The first-order valence-electron chi connectivity index (χ1n) is 5.52. The number of benzene rings is 1. The molecule has 22 heavy (non-hydrogen) atoms. The van der Waals surface area contributed by atoms with Gasteiger partial charge in [-0.2, -0.15) is 26.3 Å². The Morgan fingerprint density at radius 1 is 1.18 bits per heavy atom. The van der Waals surface area contributed by atoms with Gasteiger partial charge in [-0.15, -0.1) is 0 Å². The highest BCUT2D eigenvalue weighted by molar-refractivity contribution is 5.96. The van der Waals surface area contributed by atoms with Crippen LogP contribution in [0.3, 0.4) is 0 Å². The summed E-state index contributed by atoms with van der Waals surface area (Å²) in [6, 6.07) is 3.73. The molecule has 1 aromatic rings. The third kappa shape index (κ3) is 3.25. The standard InChI is InChI=1S/C11H9F6N2O3/c1-9(10(12,13)14,11(15,16)17)8(20)18-6-3-2-4-7(5-6)19(21)22/h2-5,21H,1H3,(H,18,20)/q-1. The van der Waals surface area contributed by atoms with Gasteiger partial charge in [-0.3, -0.25) is 10.0 Å². The van der Waals surface area contributed by atoms with Gasteiger partial charge in [0.2, 0.25) is 11.3 Å². The van der Waals surface area contributed by atoms with Crippen molar-refractivity contribution in [3.8, 4) is 0 Å². The van der Waals surface area contributed by atoms with Crippen LogP contribution < -0.4 is 10.5 Å². The average Bonchev–Trinajstić information content (AvgIpc) is 2.35. The lowest BCUT2D eigenvalue weighted by Gasteiger charge is -2.32. The van der Waals surface area contributed by atoms with Crippen LogP contribution in [0.4, 0.5) is 37.7 Å². The average molecular weight is 331 g/mol. The van der Waals surface area contributed by atoms with E-state index in [0.29, 0.717) is 6.07 Å². The van der Waals surface area contributed by atoms with E-state index < -0.39 is 40.3 Å². The van der Waals surface area contributed by atoms with Crippen LogP contribution in [0.2, 0.25) is 0 Å². The zero-order valence-corrected chi connectivity index (χ0v) is 10.8. The van der Waals surface area contributed by atoms with E-state index in [0.717, 1.165) is 18.2 Å². The molecule has 5 nitrogen and oxygen atoms in total. The molecule has 1 rings (SSSR count). The van der Waals surface area contributed by atoms with Crippen molar-refractivity contribution in [3.05, 3.63) is 29.5 Å². The number of carbonyl (C=O) groups is 1. The number of nitrogens with zero attached hydrogens (tertiary/aromatic N) is 1. The summed E-state index contributed by atoms with van der Waals surface area (Å²) in [5.41, 5.74) is -5.64. The van der Waals surface area contributed by atoms with Crippen molar-refractivity contribution in [2.75, 3.05) is 10.5 Å². The number of hydrogen-bond acceptors (Lipinski definition) is 4. The van der Waals surface area contributed by atoms with Crippen molar-refractivity contribution >= 4 is 17.3 Å². The lowest BCUT2D eigenvalue weighted by Crippen LogP contribution is -2.55. The Bertz CT molecular complexity index is 541. The number of alkyl halides is 6. The Hall–Kier alpha value is -2.01. The number of hydrogen-bond donors (Lipinski definition) is 2. The van der Waals surface area contributed by atoms with Crippen LogP contribution >= 0.6 is 0 Å². The van der Waals surface area contributed by atoms with E-state index in [4.69, 9.17) is 5.21 Å². The van der Waals surface area contributed by atoms with Gasteiger partial charge in [-0.1, -0.05) is 6.07 Å². The number of rotatable bonds is 3. The Morgan fingerprint density at radius 3 is 2.09 bits per heavy atom. The van der Waals surface area contributed by atoms with Gasteiger partial charge in [-0.25, -0.2) is 0 Å². The summed E-state index contributed by atoms with van der Waals surface area (Å²) in [5.74, 6) is -2.36. The Kier molecular flexibility index (Phi) is 4.63. The molecule has 0 saturated carbocycles. The van der Waals surface area contributed by atoms with Gasteiger partial charge in [-0.05, 0) is 25.1 Å². The molecule has 11 heteroatoms. The molecule has 1 amide bonds. The number of anilines is 2. The van der Waals surface area contributed by atoms with E-state index >= 15 is 0 Å². The van der Waals surface area contributed by atoms with Crippen LogP contribution in [-0.2, 0) is 4.79 Å². The van der Waals surface area contributed by atoms with Gasteiger partial charge >= 0.3 is 12.4 Å². The highest BCUT2D eigenvalue weighted by Gasteiger charge is 2.72. The fourth-order valence-electron chi connectivity index (χ4n) is 1.38. The minimum atomic E-state index is -5.88. The maximum atomic E-state index is 12.7. The predicted octanol–water partition coefficient (Wildman–Crippen LogP) is 3.45. The van der Waals surface area contributed by atoms with Gasteiger partial charge in [0.05, 0.1) is 5.69 Å². The van der Waals surface area contributed by atoms with E-state index in [9.17, 15) is 36.3 Å². The monoisotopic (exact) mass is 331 g/mol. The molecule has 0 heterocycles. The molecule has 0 aliphatic heterocycles. The molecule has 0 unspecified atom stereocenters. The van der Waals surface area contributed by atoms with Crippen LogP contribution in [0.15, 0.2) is 24.3 Å². The topological polar surface area (TPSA) is 75.6 Å². The molecule has 0 aliphatic rings. The summed E-state index contributed by atoms with van der Waals surface area (Å²) < 4.78 is 76.1. The fraction of sp³-hybridized carbons (Fsp3) is 0.364. The first-order valence-corrected chi connectivity index (χ1v) is 5.52. The maximum absolute atomic E-state index is 12.7. The van der Waals surface area contributed by atoms with E-state index in [1.54, 1.807) is 0 Å². The second kappa shape index (κ2) is 5.65. The van der Waals surface area contributed by atoms with Crippen LogP contribution in [-0.4, -0.2) is 23.5 Å². The van der Waals surface area contributed by atoms with Crippen LogP contribution in [0.5, 0.6) is 0 Å². The summed E-state index contributed by atoms with van der Waals surface area (Å²) in [7, 11) is 0. The molecular formula is C11H9F6N2O3-. The molecule has 0 fully saturated rings. The van der Waals surface area contributed by atoms with Gasteiger partial charge in [0.25, 0.3) is 0 Å². The second-order valence-electron chi connectivity index (χ2n) is 4.40. The molecule has 0 aromatic heterocycles. The van der Waals surface area contributed by atoms with Gasteiger partial charge in [0.1, 0.15) is 0 Å². The first-order chi connectivity index (χ1) is 9.80. The first kappa shape index (κ1) is 18.0. The summed E-state index contributed by atoms with van der Waals surface area (Å²) in [6.07, 6.45) is -11.8. The van der Waals surface area contributed by atoms with Crippen molar-refractivity contribution in [3.63, 3.8) is 0 Å². The highest BCUT2D eigenvalue weighted by atomic mass is 19.4. The number of amides is 1. The highest BCUT2D eigenvalue weighted by Crippen LogP contribution is 2.50. The van der Waals surface area contributed by atoms with Crippen LogP contribution in [0.1, 0.15) is 6.92 Å². The largest absolute Gasteiger partial charge is 0.733 e. The van der Waals surface area contributed by atoms with Crippen LogP contribution in [0.25, 0.3) is 0 Å². The molecule has 2 N–H and O–H groups in total. The summed E-state index contributed by atoms with van der Waals surface area (Å²) >= 11 is 0. The van der Waals surface area contributed by atoms with Crippen molar-refractivity contribution in [2.45, 2.75) is 19.3 Å². The van der Waals surface area contributed by atoms with Gasteiger partial charge < -0.3 is 15.8 Å². The molecule has 0 spiro atoms. The summed E-state index contributed by atoms with van der Waals surface area (Å²) in [6.45, 7) is -0.294. The normalized spacial score (nSPS) is 13.0. The van der Waals surface area contributed by atoms with Gasteiger partial charge in [0, 0.05) is 5.69 Å². The minimum absolute atomic E-state index is 0.294. The van der Waals surface area contributed by atoms with Gasteiger partial charge in [0.15, 0.2) is 0 Å². The lowest BCUT2D eigenvalue weighted by atomic mass is 9.87. The maximum Gasteiger partial charge on any atom is 0.411 e. The zero-order chi connectivity index (χ0) is 17.3. The Labute approximate surface area is 119 Å². The zero-order valence-electron chi connectivity index (χ0n) is 10.8. The minimum Gasteiger partial charge on any atom is -0.733 e. The lowest BCUT2D eigenvalue weighted by molar-refractivity contribution is -0.317. The number of carbonyl (C=O) groups excluding carboxylic acids is 1. The summed E-state index contributed by atoms with van der Waals surface area (Å²) in [5, 5.41) is 20.0. The number of halogens is 6. The molecular weight excluding hydrogens is 322 g/mol. The van der Waals surface area contributed by atoms with E-state index in [1.165, 1.54) is 5.32 Å².